The highest BCUT2D eigenvalue weighted by Crippen LogP contribution is 2.21. The van der Waals surface area contributed by atoms with E-state index in [9.17, 15) is 18.5 Å². The van der Waals surface area contributed by atoms with Crippen molar-refractivity contribution in [1.29, 1.82) is 0 Å². The SMILES string of the molecule is CCC(N)(CC)CNS(=O)(=O)c1ccc([N+](=O)[O-])c(C)c1.Cl. The van der Waals surface area contributed by atoms with E-state index >= 15 is 0 Å². The number of rotatable bonds is 7. The summed E-state index contributed by atoms with van der Waals surface area (Å²) in [4.78, 5) is 10.2. The Morgan fingerprint density at radius 3 is 2.27 bits per heavy atom. The van der Waals surface area contributed by atoms with Gasteiger partial charge in [0.05, 0.1) is 9.82 Å². The molecule has 0 aliphatic rings. The lowest BCUT2D eigenvalue weighted by Gasteiger charge is -2.26. The third kappa shape index (κ3) is 4.91. The molecule has 1 aromatic carbocycles. The second-order valence-electron chi connectivity index (χ2n) is 5.10. The van der Waals surface area contributed by atoms with Gasteiger partial charge in [-0.25, -0.2) is 13.1 Å². The minimum Gasteiger partial charge on any atom is -0.324 e. The lowest BCUT2D eigenvalue weighted by Crippen LogP contribution is -2.49. The Morgan fingerprint density at radius 2 is 1.86 bits per heavy atom. The third-order valence-corrected chi connectivity index (χ3v) is 5.10. The van der Waals surface area contributed by atoms with Crippen molar-refractivity contribution in [2.75, 3.05) is 6.54 Å². The Morgan fingerprint density at radius 1 is 1.32 bits per heavy atom. The molecule has 0 spiro atoms. The van der Waals surface area contributed by atoms with Gasteiger partial charge in [-0.3, -0.25) is 10.1 Å². The predicted molar refractivity (Wildman–Crippen MR) is 87.8 cm³/mol. The van der Waals surface area contributed by atoms with Gasteiger partial charge < -0.3 is 5.73 Å². The van der Waals surface area contributed by atoms with Crippen LogP contribution in [0, 0.1) is 17.0 Å². The Labute approximate surface area is 136 Å². The molecule has 0 bridgehead atoms. The summed E-state index contributed by atoms with van der Waals surface area (Å²) >= 11 is 0. The molecule has 0 saturated heterocycles. The highest BCUT2D eigenvalue weighted by atomic mass is 35.5. The molecule has 1 rings (SSSR count). The summed E-state index contributed by atoms with van der Waals surface area (Å²) in [5, 5.41) is 10.7. The van der Waals surface area contributed by atoms with Crippen LogP contribution in [0.15, 0.2) is 23.1 Å². The van der Waals surface area contributed by atoms with Gasteiger partial charge in [0.25, 0.3) is 5.69 Å². The van der Waals surface area contributed by atoms with E-state index in [4.69, 9.17) is 5.73 Å². The van der Waals surface area contributed by atoms with Crippen molar-refractivity contribution in [2.45, 2.75) is 44.0 Å². The molecule has 9 heteroatoms. The van der Waals surface area contributed by atoms with Gasteiger partial charge in [-0.1, -0.05) is 13.8 Å². The highest BCUT2D eigenvalue weighted by molar-refractivity contribution is 7.89. The van der Waals surface area contributed by atoms with E-state index in [1.165, 1.54) is 25.1 Å². The summed E-state index contributed by atoms with van der Waals surface area (Å²) in [6, 6.07) is 3.71. The van der Waals surface area contributed by atoms with E-state index in [1.807, 2.05) is 13.8 Å². The number of hydrogen-bond acceptors (Lipinski definition) is 5. The van der Waals surface area contributed by atoms with Crippen molar-refractivity contribution < 1.29 is 13.3 Å². The van der Waals surface area contributed by atoms with Crippen molar-refractivity contribution >= 4 is 28.1 Å². The smallest absolute Gasteiger partial charge is 0.272 e. The maximum atomic E-state index is 12.2. The largest absolute Gasteiger partial charge is 0.324 e. The van der Waals surface area contributed by atoms with Crippen LogP contribution >= 0.6 is 12.4 Å². The Hall–Kier alpha value is -1.22. The lowest BCUT2D eigenvalue weighted by atomic mass is 9.95. The fraction of sp³-hybridized carbons (Fsp3) is 0.538. The summed E-state index contributed by atoms with van der Waals surface area (Å²) in [5.41, 5.74) is 5.66. The number of nitrogens with one attached hydrogen (secondary N) is 1. The molecule has 0 unspecified atom stereocenters. The highest BCUT2D eigenvalue weighted by Gasteiger charge is 2.25. The standard InChI is InChI=1S/C13H21N3O4S.ClH/c1-4-13(14,5-2)9-15-21(19,20)11-6-7-12(16(17)18)10(3)8-11;/h6-8,15H,4-5,9,14H2,1-3H3;1H. The van der Waals surface area contributed by atoms with Gasteiger partial charge in [-0.15, -0.1) is 12.4 Å². The lowest BCUT2D eigenvalue weighted by molar-refractivity contribution is -0.385. The molecular formula is C13H22ClN3O4S. The van der Waals surface area contributed by atoms with Gasteiger partial charge >= 0.3 is 0 Å². The molecule has 0 aromatic heterocycles. The summed E-state index contributed by atoms with van der Waals surface area (Å²) in [6.07, 6.45) is 1.29. The van der Waals surface area contributed by atoms with Gasteiger partial charge in [0, 0.05) is 23.7 Å². The molecule has 22 heavy (non-hydrogen) atoms. The number of hydrogen-bond donors (Lipinski definition) is 2. The number of nitro groups is 1. The van der Waals surface area contributed by atoms with Crippen LogP contribution in [0.25, 0.3) is 0 Å². The molecule has 1 aromatic rings. The number of benzene rings is 1. The third-order valence-electron chi connectivity index (χ3n) is 3.70. The van der Waals surface area contributed by atoms with Crippen molar-refractivity contribution in [1.82, 2.24) is 4.72 Å². The molecular weight excluding hydrogens is 330 g/mol. The topological polar surface area (TPSA) is 115 Å². The maximum absolute atomic E-state index is 12.2. The first kappa shape index (κ1) is 20.8. The molecule has 0 aliphatic carbocycles. The van der Waals surface area contributed by atoms with Gasteiger partial charge in [0.2, 0.25) is 10.0 Å². The molecule has 0 saturated carbocycles. The van der Waals surface area contributed by atoms with Crippen LogP contribution in [-0.2, 0) is 10.0 Å². The quantitative estimate of drug-likeness (QED) is 0.576. The minimum atomic E-state index is -3.73. The first-order valence-electron chi connectivity index (χ1n) is 6.69. The van der Waals surface area contributed by atoms with Crippen molar-refractivity contribution in [2.24, 2.45) is 5.73 Å². The number of nitrogens with two attached hydrogens (primary N) is 1. The molecule has 3 N–H and O–H groups in total. The van der Waals surface area contributed by atoms with E-state index < -0.39 is 20.5 Å². The predicted octanol–water partition coefficient (Wildman–Crippen LogP) is 2.12. The van der Waals surface area contributed by atoms with Crippen LogP contribution in [0.4, 0.5) is 5.69 Å². The molecule has 7 nitrogen and oxygen atoms in total. The maximum Gasteiger partial charge on any atom is 0.272 e. The van der Waals surface area contributed by atoms with E-state index in [-0.39, 0.29) is 29.5 Å². The van der Waals surface area contributed by atoms with Crippen LogP contribution in [0.5, 0.6) is 0 Å². The van der Waals surface area contributed by atoms with E-state index in [1.54, 1.807) is 0 Å². The minimum absolute atomic E-state index is 0. The monoisotopic (exact) mass is 351 g/mol. The van der Waals surface area contributed by atoms with Gasteiger partial charge in [-0.2, -0.15) is 0 Å². The summed E-state index contributed by atoms with van der Waals surface area (Å²) in [7, 11) is -3.73. The van der Waals surface area contributed by atoms with Crippen LogP contribution < -0.4 is 10.5 Å². The number of sulfonamides is 1. The van der Waals surface area contributed by atoms with E-state index in [2.05, 4.69) is 4.72 Å². The average Bonchev–Trinajstić information content (AvgIpc) is 2.44. The number of aryl methyl sites for hydroxylation is 1. The normalized spacial score (nSPS) is 11.8. The molecule has 0 aliphatic heterocycles. The average molecular weight is 352 g/mol. The van der Waals surface area contributed by atoms with Crippen molar-refractivity contribution in [3.63, 3.8) is 0 Å². The zero-order valence-electron chi connectivity index (χ0n) is 12.8. The summed E-state index contributed by atoms with van der Waals surface area (Å²) in [6.45, 7) is 5.42. The number of halogens is 1. The van der Waals surface area contributed by atoms with Gasteiger partial charge in [0.15, 0.2) is 0 Å². The van der Waals surface area contributed by atoms with E-state index in [0.717, 1.165) is 0 Å². The molecule has 0 atom stereocenters. The van der Waals surface area contributed by atoms with Gasteiger partial charge in [0.1, 0.15) is 0 Å². The Bertz CT molecular complexity index is 630. The van der Waals surface area contributed by atoms with E-state index in [0.29, 0.717) is 18.4 Å². The molecule has 0 radical (unpaired) electrons. The molecule has 0 heterocycles. The molecule has 126 valence electrons. The number of nitro benzene ring substituents is 1. The van der Waals surface area contributed by atoms with Gasteiger partial charge in [-0.05, 0) is 31.9 Å². The summed E-state index contributed by atoms with van der Waals surface area (Å²) < 4.78 is 26.9. The molecule has 0 fully saturated rings. The fourth-order valence-electron chi connectivity index (χ4n) is 1.82. The van der Waals surface area contributed by atoms with Crippen LogP contribution in [0.3, 0.4) is 0 Å². The van der Waals surface area contributed by atoms with Crippen LogP contribution in [-0.4, -0.2) is 25.4 Å². The first-order valence-corrected chi connectivity index (χ1v) is 8.17. The number of nitrogens with zero attached hydrogens (tertiary/aromatic N) is 1. The fourth-order valence-corrected chi connectivity index (χ4v) is 3.05. The zero-order chi connectivity index (χ0) is 16.3. The second-order valence-corrected chi connectivity index (χ2v) is 6.87. The van der Waals surface area contributed by atoms with Crippen molar-refractivity contribution in [3.8, 4) is 0 Å². The Balaban J connectivity index is 0.00000441. The zero-order valence-corrected chi connectivity index (χ0v) is 14.5. The second kappa shape index (κ2) is 7.87. The van der Waals surface area contributed by atoms with Crippen molar-refractivity contribution in [3.05, 3.63) is 33.9 Å². The van der Waals surface area contributed by atoms with Crippen LogP contribution in [0.1, 0.15) is 32.3 Å². The first-order chi connectivity index (χ1) is 9.65. The Kier molecular flexibility index (Phi) is 7.43. The summed E-state index contributed by atoms with van der Waals surface area (Å²) in [5.74, 6) is 0. The van der Waals surface area contributed by atoms with Crippen LogP contribution in [0.2, 0.25) is 0 Å². The molecule has 0 amide bonds.